The molecule has 1 aliphatic heterocycles. The van der Waals surface area contributed by atoms with Crippen LogP contribution < -0.4 is 11.1 Å². The Morgan fingerprint density at radius 1 is 1.06 bits per heavy atom. The molecule has 2 aromatic carbocycles. The lowest BCUT2D eigenvalue weighted by Crippen LogP contribution is -2.21. The number of hydrogen-bond donors (Lipinski definition) is 2. The number of nitrogens with two attached hydrogens (primary N) is 1. The van der Waals surface area contributed by atoms with Crippen molar-refractivity contribution in [2.24, 2.45) is 5.73 Å². The van der Waals surface area contributed by atoms with Crippen LogP contribution in [0.15, 0.2) is 77.2 Å². The summed E-state index contributed by atoms with van der Waals surface area (Å²) in [5.41, 5.74) is 9.55. The van der Waals surface area contributed by atoms with Crippen LogP contribution in [0.5, 0.6) is 0 Å². The lowest BCUT2D eigenvalue weighted by Gasteiger charge is -2.11. The van der Waals surface area contributed by atoms with Gasteiger partial charge in [-0.05, 0) is 31.5 Å². The Labute approximate surface area is 206 Å². The summed E-state index contributed by atoms with van der Waals surface area (Å²) in [7, 11) is 0. The zero-order valence-electron chi connectivity index (χ0n) is 19.6. The highest BCUT2D eigenvalue weighted by Gasteiger charge is 2.31. The van der Waals surface area contributed by atoms with Crippen molar-refractivity contribution in [3.63, 3.8) is 0 Å². The first-order valence-corrected chi connectivity index (χ1v) is 11.2. The van der Waals surface area contributed by atoms with E-state index in [0.29, 0.717) is 17.7 Å². The van der Waals surface area contributed by atoms with E-state index in [1.807, 2.05) is 67.6 Å². The fraction of sp³-hybridized carbons (Fsp3) is 0.154. The minimum absolute atomic E-state index is 0.0615. The average molecular weight is 486 g/mol. The first-order valence-electron chi connectivity index (χ1n) is 11.2. The Morgan fingerprint density at radius 3 is 2.44 bits per heavy atom. The number of hydrogen-bond acceptors (Lipinski definition) is 7. The third-order valence-corrected chi connectivity index (χ3v) is 5.75. The standard InChI is InChI=1S/C26H23N5O5/c1-15-21(16(2)31(29-15)18-11-7-4-8-12-18)23-22(24(27)32)26(36-30-23)28-25(33)19-14-34-20(35-19)13-17-9-5-3-6-10-17/h3-12,14,20H,13H2,1-2H3,(H2,27,32)(H,28,33). The second-order valence-corrected chi connectivity index (χ2v) is 8.20. The van der Waals surface area contributed by atoms with Crippen LogP contribution in [0, 0.1) is 13.8 Å². The van der Waals surface area contributed by atoms with Gasteiger partial charge >= 0.3 is 0 Å². The molecule has 1 unspecified atom stereocenters. The molecule has 0 aliphatic carbocycles. The quantitative estimate of drug-likeness (QED) is 0.408. The lowest BCUT2D eigenvalue weighted by molar-refractivity contribution is -0.118. The molecule has 36 heavy (non-hydrogen) atoms. The molecule has 2 amide bonds. The number of rotatable bonds is 7. The molecule has 2 aromatic heterocycles. The van der Waals surface area contributed by atoms with Crippen molar-refractivity contribution < 1.29 is 23.6 Å². The molecule has 0 fully saturated rings. The summed E-state index contributed by atoms with van der Waals surface area (Å²) in [4.78, 5) is 25.2. The molecule has 0 saturated carbocycles. The van der Waals surface area contributed by atoms with E-state index in [-0.39, 0.29) is 22.9 Å². The number of anilines is 1. The third-order valence-electron chi connectivity index (χ3n) is 5.75. The molecule has 3 N–H and O–H groups in total. The molecule has 5 rings (SSSR count). The summed E-state index contributed by atoms with van der Waals surface area (Å²) in [6.45, 7) is 3.64. The summed E-state index contributed by atoms with van der Waals surface area (Å²) in [6.07, 6.45) is 1.03. The number of nitrogens with one attached hydrogen (secondary N) is 1. The van der Waals surface area contributed by atoms with Crippen LogP contribution in [0.2, 0.25) is 0 Å². The number of ether oxygens (including phenoxy) is 2. The van der Waals surface area contributed by atoms with Gasteiger partial charge in [-0.25, -0.2) is 4.68 Å². The summed E-state index contributed by atoms with van der Waals surface area (Å²) in [6, 6.07) is 19.1. The molecule has 182 valence electrons. The van der Waals surface area contributed by atoms with Gasteiger partial charge < -0.3 is 19.7 Å². The van der Waals surface area contributed by atoms with Gasteiger partial charge in [0.1, 0.15) is 17.5 Å². The summed E-state index contributed by atoms with van der Waals surface area (Å²) in [5.74, 6) is -1.73. The smallest absolute Gasteiger partial charge is 0.296 e. The van der Waals surface area contributed by atoms with Gasteiger partial charge in [-0.15, -0.1) is 0 Å². The van der Waals surface area contributed by atoms with E-state index < -0.39 is 18.1 Å². The summed E-state index contributed by atoms with van der Waals surface area (Å²) < 4.78 is 18.2. The van der Waals surface area contributed by atoms with Crippen molar-refractivity contribution in [1.29, 1.82) is 0 Å². The van der Waals surface area contributed by atoms with Crippen molar-refractivity contribution in [3.05, 3.63) is 95.2 Å². The van der Waals surface area contributed by atoms with Gasteiger partial charge in [-0.3, -0.25) is 14.9 Å². The SMILES string of the molecule is Cc1nn(-c2ccccc2)c(C)c1-c1noc(NC(=O)C2=COC(Cc3ccccc3)O2)c1C(N)=O. The topological polar surface area (TPSA) is 134 Å². The highest BCUT2D eigenvalue weighted by Crippen LogP contribution is 2.34. The summed E-state index contributed by atoms with van der Waals surface area (Å²) in [5, 5.41) is 11.2. The Morgan fingerprint density at radius 2 is 1.75 bits per heavy atom. The second kappa shape index (κ2) is 9.41. The van der Waals surface area contributed by atoms with Gasteiger partial charge in [0.25, 0.3) is 11.8 Å². The third kappa shape index (κ3) is 4.31. The summed E-state index contributed by atoms with van der Waals surface area (Å²) >= 11 is 0. The highest BCUT2D eigenvalue weighted by molar-refractivity contribution is 6.09. The van der Waals surface area contributed by atoms with Crippen molar-refractivity contribution in [1.82, 2.24) is 14.9 Å². The van der Waals surface area contributed by atoms with E-state index in [2.05, 4.69) is 15.6 Å². The molecule has 1 atom stereocenters. The van der Waals surface area contributed by atoms with Crippen LogP contribution in [0.1, 0.15) is 27.3 Å². The number of amides is 2. The zero-order valence-corrected chi connectivity index (χ0v) is 19.6. The van der Waals surface area contributed by atoms with E-state index >= 15 is 0 Å². The number of aromatic nitrogens is 3. The molecule has 0 bridgehead atoms. The second-order valence-electron chi connectivity index (χ2n) is 8.20. The highest BCUT2D eigenvalue weighted by atomic mass is 16.7. The van der Waals surface area contributed by atoms with E-state index in [4.69, 9.17) is 19.7 Å². The number of primary amides is 1. The lowest BCUT2D eigenvalue weighted by atomic mass is 10.1. The van der Waals surface area contributed by atoms with Crippen LogP contribution in [0.4, 0.5) is 5.88 Å². The molecule has 0 radical (unpaired) electrons. The molecule has 10 heteroatoms. The van der Waals surface area contributed by atoms with Crippen molar-refractivity contribution in [2.45, 2.75) is 26.6 Å². The van der Waals surface area contributed by atoms with Crippen LogP contribution in [0.3, 0.4) is 0 Å². The van der Waals surface area contributed by atoms with E-state index in [1.54, 1.807) is 11.6 Å². The average Bonchev–Trinajstić information content (AvgIpc) is 3.58. The van der Waals surface area contributed by atoms with Crippen LogP contribution >= 0.6 is 0 Å². The zero-order chi connectivity index (χ0) is 25.2. The number of nitrogens with zero attached hydrogens (tertiary/aromatic N) is 3. The van der Waals surface area contributed by atoms with Crippen molar-refractivity contribution >= 4 is 17.7 Å². The predicted octanol–water partition coefficient (Wildman–Crippen LogP) is 3.64. The van der Waals surface area contributed by atoms with E-state index in [9.17, 15) is 9.59 Å². The molecule has 10 nitrogen and oxygen atoms in total. The predicted molar refractivity (Wildman–Crippen MR) is 130 cm³/mol. The number of carbonyl (C=O) groups is 2. The maximum absolute atomic E-state index is 12.8. The largest absolute Gasteiger partial charge is 0.458 e. The van der Waals surface area contributed by atoms with E-state index in [1.165, 1.54) is 6.26 Å². The Hall–Kier alpha value is -4.86. The Balaban J connectivity index is 1.37. The molecular formula is C26H23N5O5. The fourth-order valence-electron chi connectivity index (χ4n) is 4.08. The molecule has 4 aromatic rings. The molecular weight excluding hydrogens is 462 g/mol. The monoisotopic (exact) mass is 485 g/mol. The van der Waals surface area contributed by atoms with Crippen LogP contribution in [-0.2, 0) is 20.7 Å². The number of carbonyl (C=O) groups excluding carboxylic acids is 2. The van der Waals surface area contributed by atoms with Gasteiger partial charge in [0.15, 0.2) is 0 Å². The maximum Gasteiger partial charge on any atom is 0.296 e. The minimum atomic E-state index is -0.813. The molecule has 0 spiro atoms. The van der Waals surface area contributed by atoms with Crippen LogP contribution in [0.25, 0.3) is 16.9 Å². The maximum atomic E-state index is 12.8. The Kier molecular flexibility index (Phi) is 5.99. The van der Waals surface area contributed by atoms with Gasteiger partial charge in [-0.2, -0.15) is 5.10 Å². The first kappa shape index (κ1) is 22.9. The van der Waals surface area contributed by atoms with Gasteiger partial charge in [0.05, 0.1) is 17.1 Å². The first-order chi connectivity index (χ1) is 17.4. The molecule has 1 aliphatic rings. The normalized spacial score (nSPS) is 14.6. The van der Waals surface area contributed by atoms with Crippen molar-refractivity contribution in [3.8, 4) is 16.9 Å². The fourth-order valence-corrected chi connectivity index (χ4v) is 4.08. The van der Waals surface area contributed by atoms with Gasteiger partial charge in [-0.1, -0.05) is 53.7 Å². The van der Waals surface area contributed by atoms with Crippen molar-refractivity contribution in [2.75, 3.05) is 5.32 Å². The van der Waals surface area contributed by atoms with Crippen LogP contribution in [-0.4, -0.2) is 33.0 Å². The number of para-hydroxylation sites is 1. The number of aryl methyl sites for hydroxylation is 1. The van der Waals surface area contributed by atoms with Gasteiger partial charge in [0, 0.05) is 12.0 Å². The minimum Gasteiger partial charge on any atom is -0.458 e. The number of benzene rings is 2. The van der Waals surface area contributed by atoms with E-state index in [0.717, 1.165) is 16.9 Å². The van der Waals surface area contributed by atoms with Gasteiger partial charge in [0.2, 0.25) is 17.9 Å². The molecule has 0 saturated heterocycles. The molecule has 3 heterocycles. The Bertz CT molecular complexity index is 1460.